The summed E-state index contributed by atoms with van der Waals surface area (Å²) in [5.74, 6) is 1.92. The molecule has 1 fully saturated rings. The van der Waals surface area contributed by atoms with Crippen LogP contribution >= 0.6 is 0 Å². The summed E-state index contributed by atoms with van der Waals surface area (Å²) >= 11 is 0. The van der Waals surface area contributed by atoms with Crippen LogP contribution < -0.4 is 5.32 Å². The van der Waals surface area contributed by atoms with Gasteiger partial charge in [-0.1, -0.05) is 18.8 Å². The quantitative estimate of drug-likeness (QED) is 0.714. The minimum atomic E-state index is -3.09. The smallest absolute Gasteiger partial charge is 0.221 e. The van der Waals surface area contributed by atoms with Crippen molar-refractivity contribution in [2.75, 3.05) is 12.3 Å². The van der Waals surface area contributed by atoms with Gasteiger partial charge < -0.3 is 5.32 Å². The van der Waals surface area contributed by atoms with Gasteiger partial charge in [-0.25, -0.2) is 8.42 Å². The molecule has 0 bridgehead atoms. The van der Waals surface area contributed by atoms with Crippen molar-refractivity contribution in [3.63, 3.8) is 0 Å². The molecule has 1 aliphatic rings. The number of carbonyl (C=O) groups excluding carboxylic acids is 1. The van der Waals surface area contributed by atoms with E-state index < -0.39 is 9.84 Å². The summed E-state index contributed by atoms with van der Waals surface area (Å²) in [5, 5.41) is 2.23. The van der Waals surface area contributed by atoms with Gasteiger partial charge in [0.2, 0.25) is 5.91 Å². The van der Waals surface area contributed by atoms with Crippen molar-refractivity contribution < 1.29 is 13.2 Å². The minimum Gasteiger partial charge on any atom is -0.345 e. The molecule has 0 aromatic carbocycles. The monoisotopic (exact) mass is 243 g/mol. The van der Waals surface area contributed by atoms with E-state index in [1.807, 2.05) is 0 Å². The van der Waals surface area contributed by atoms with Crippen molar-refractivity contribution in [3.8, 4) is 12.3 Å². The molecule has 90 valence electrons. The van der Waals surface area contributed by atoms with E-state index in [4.69, 9.17) is 6.42 Å². The van der Waals surface area contributed by atoms with Crippen LogP contribution in [0.5, 0.6) is 0 Å². The lowest BCUT2D eigenvalue weighted by atomic mass is 10.4. The molecule has 1 N–H and O–H groups in total. The van der Waals surface area contributed by atoms with Crippen LogP contribution in [-0.4, -0.2) is 31.9 Å². The van der Waals surface area contributed by atoms with E-state index in [0.29, 0.717) is 0 Å². The number of sulfone groups is 1. The van der Waals surface area contributed by atoms with Crippen LogP contribution in [0.3, 0.4) is 0 Å². The van der Waals surface area contributed by atoms with Gasteiger partial charge in [0.1, 0.15) is 0 Å². The number of amides is 1. The minimum absolute atomic E-state index is 0.0144. The Morgan fingerprint density at radius 1 is 1.38 bits per heavy atom. The molecule has 0 saturated heterocycles. The molecule has 4 nitrogen and oxygen atoms in total. The average Bonchev–Trinajstić information content (AvgIpc) is 2.77. The second-order valence-corrected chi connectivity index (χ2v) is 6.40. The van der Waals surface area contributed by atoms with E-state index in [0.717, 1.165) is 25.7 Å². The topological polar surface area (TPSA) is 63.2 Å². The molecule has 0 aromatic heterocycles. The van der Waals surface area contributed by atoms with Crippen molar-refractivity contribution in [2.45, 2.75) is 37.4 Å². The zero-order chi connectivity index (χ0) is 12.0. The van der Waals surface area contributed by atoms with E-state index in [1.54, 1.807) is 0 Å². The Morgan fingerprint density at radius 2 is 2.00 bits per heavy atom. The lowest BCUT2D eigenvalue weighted by Crippen LogP contribution is -2.28. The lowest BCUT2D eigenvalue weighted by molar-refractivity contribution is -0.120. The van der Waals surface area contributed by atoms with Gasteiger partial charge in [-0.2, -0.15) is 0 Å². The molecule has 0 aromatic rings. The normalized spacial score (nSPS) is 16.9. The third-order valence-corrected chi connectivity index (χ3v) is 5.07. The van der Waals surface area contributed by atoms with Gasteiger partial charge in [-0.05, 0) is 12.8 Å². The summed E-state index contributed by atoms with van der Waals surface area (Å²) in [6.07, 6.45) is 8.44. The second kappa shape index (κ2) is 5.90. The summed E-state index contributed by atoms with van der Waals surface area (Å²) in [6.45, 7) is 0.155. The molecule has 1 amide bonds. The fraction of sp³-hybridized carbons (Fsp3) is 0.727. The largest absolute Gasteiger partial charge is 0.345 e. The molecule has 0 unspecified atom stereocenters. The van der Waals surface area contributed by atoms with E-state index in [-0.39, 0.29) is 29.9 Å². The molecule has 0 aliphatic heterocycles. The third kappa shape index (κ3) is 3.86. The Kier molecular flexibility index (Phi) is 4.81. The number of hydrogen-bond acceptors (Lipinski definition) is 3. The standard InChI is InChI=1S/C11H17NO3S/c1-2-8-12-11(13)7-9-16(14,15)10-5-3-4-6-10/h1,10H,3-9H2,(H,12,13). The first-order chi connectivity index (χ1) is 7.56. The highest BCUT2D eigenvalue weighted by Gasteiger charge is 2.28. The Morgan fingerprint density at radius 3 is 2.56 bits per heavy atom. The average molecular weight is 243 g/mol. The van der Waals surface area contributed by atoms with Crippen LogP contribution in [0.25, 0.3) is 0 Å². The lowest BCUT2D eigenvalue weighted by Gasteiger charge is -2.10. The highest BCUT2D eigenvalue weighted by atomic mass is 32.2. The maximum Gasteiger partial charge on any atom is 0.221 e. The Balaban J connectivity index is 2.36. The van der Waals surface area contributed by atoms with Gasteiger partial charge in [-0.3, -0.25) is 4.79 Å². The predicted octanol–water partition coefficient (Wildman–Crippen LogP) is 0.483. The van der Waals surface area contributed by atoms with E-state index in [9.17, 15) is 13.2 Å². The van der Waals surface area contributed by atoms with Gasteiger partial charge in [-0.15, -0.1) is 6.42 Å². The molecule has 1 rings (SSSR count). The number of hydrogen-bond donors (Lipinski definition) is 1. The molecule has 16 heavy (non-hydrogen) atoms. The Hall–Kier alpha value is -1.02. The van der Waals surface area contributed by atoms with Crippen LogP contribution in [0.15, 0.2) is 0 Å². The van der Waals surface area contributed by atoms with E-state index in [2.05, 4.69) is 11.2 Å². The third-order valence-electron chi connectivity index (χ3n) is 2.81. The van der Waals surface area contributed by atoms with Crippen LogP contribution in [0.2, 0.25) is 0 Å². The summed E-state index contributed by atoms with van der Waals surface area (Å²) < 4.78 is 23.6. The van der Waals surface area contributed by atoms with Gasteiger partial charge in [0.05, 0.1) is 17.5 Å². The number of nitrogens with one attached hydrogen (secondary N) is 1. The fourth-order valence-electron chi connectivity index (χ4n) is 1.89. The van der Waals surface area contributed by atoms with Crippen molar-refractivity contribution in [2.24, 2.45) is 0 Å². The molecule has 0 radical (unpaired) electrons. The molecule has 0 atom stereocenters. The highest BCUT2D eigenvalue weighted by molar-refractivity contribution is 7.92. The molecule has 1 saturated carbocycles. The van der Waals surface area contributed by atoms with Gasteiger partial charge in [0.25, 0.3) is 0 Å². The van der Waals surface area contributed by atoms with E-state index >= 15 is 0 Å². The predicted molar refractivity (Wildman–Crippen MR) is 62.5 cm³/mol. The first kappa shape index (κ1) is 13.0. The summed E-state index contributed by atoms with van der Waals surface area (Å²) in [5.41, 5.74) is 0. The summed E-state index contributed by atoms with van der Waals surface area (Å²) in [6, 6.07) is 0. The van der Waals surface area contributed by atoms with Gasteiger partial charge in [0.15, 0.2) is 9.84 Å². The summed E-state index contributed by atoms with van der Waals surface area (Å²) in [4.78, 5) is 11.2. The fourth-order valence-corrected chi connectivity index (χ4v) is 3.74. The van der Waals surface area contributed by atoms with Crippen LogP contribution in [0.4, 0.5) is 0 Å². The number of carbonyl (C=O) groups is 1. The van der Waals surface area contributed by atoms with Gasteiger partial charge >= 0.3 is 0 Å². The van der Waals surface area contributed by atoms with Crippen molar-refractivity contribution in [3.05, 3.63) is 0 Å². The SMILES string of the molecule is C#CCNC(=O)CCS(=O)(=O)C1CCCC1. The number of terminal acetylenes is 1. The number of rotatable bonds is 5. The van der Waals surface area contributed by atoms with Crippen LogP contribution in [0.1, 0.15) is 32.1 Å². The molecule has 5 heteroatoms. The second-order valence-electron chi connectivity index (χ2n) is 4.00. The molecular formula is C11H17NO3S. The Bertz CT molecular complexity index is 375. The summed E-state index contributed by atoms with van der Waals surface area (Å²) in [7, 11) is -3.09. The first-order valence-electron chi connectivity index (χ1n) is 5.48. The maximum absolute atomic E-state index is 11.8. The van der Waals surface area contributed by atoms with Crippen LogP contribution in [0, 0.1) is 12.3 Å². The molecule has 0 heterocycles. The van der Waals surface area contributed by atoms with Crippen molar-refractivity contribution in [1.29, 1.82) is 0 Å². The van der Waals surface area contributed by atoms with Gasteiger partial charge in [0, 0.05) is 6.42 Å². The zero-order valence-electron chi connectivity index (χ0n) is 9.24. The molecule has 0 spiro atoms. The Labute approximate surface area is 96.7 Å². The van der Waals surface area contributed by atoms with Crippen molar-refractivity contribution in [1.82, 2.24) is 5.32 Å². The molecular weight excluding hydrogens is 226 g/mol. The maximum atomic E-state index is 11.8. The highest BCUT2D eigenvalue weighted by Crippen LogP contribution is 2.25. The molecule has 1 aliphatic carbocycles. The first-order valence-corrected chi connectivity index (χ1v) is 7.19. The van der Waals surface area contributed by atoms with Crippen molar-refractivity contribution >= 4 is 15.7 Å². The zero-order valence-corrected chi connectivity index (χ0v) is 10.1. The van der Waals surface area contributed by atoms with Crippen LogP contribution in [-0.2, 0) is 14.6 Å². The van der Waals surface area contributed by atoms with E-state index in [1.165, 1.54) is 0 Å².